The Morgan fingerprint density at radius 1 is 1.11 bits per heavy atom. The van der Waals surface area contributed by atoms with E-state index < -0.39 is 0 Å². The topological polar surface area (TPSA) is 28.7 Å². The Bertz CT molecular complexity index is 774. The van der Waals surface area contributed by atoms with Crippen molar-refractivity contribution < 1.29 is 4.39 Å². The van der Waals surface area contributed by atoms with Crippen LogP contribution in [0, 0.1) is 5.82 Å². The SMILES string of the molecule is Fc1cc2c(c(-c3ccc4[nH]ncc4c3)c1)CCC2. The third kappa shape index (κ3) is 1.65. The lowest BCUT2D eigenvalue weighted by Gasteiger charge is -2.09. The van der Waals surface area contributed by atoms with Gasteiger partial charge in [0.25, 0.3) is 0 Å². The molecule has 1 aliphatic rings. The highest BCUT2D eigenvalue weighted by Gasteiger charge is 2.17. The Labute approximate surface area is 110 Å². The van der Waals surface area contributed by atoms with E-state index >= 15 is 0 Å². The summed E-state index contributed by atoms with van der Waals surface area (Å²) >= 11 is 0. The molecule has 0 unspecified atom stereocenters. The second-order valence-corrected chi connectivity index (χ2v) is 5.12. The first-order chi connectivity index (χ1) is 9.31. The van der Waals surface area contributed by atoms with Gasteiger partial charge in [-0.3, -0.25) is 5.10 Å². The van der Waals surface area contributed by atoms with Crippen molar-refractivity contribution in [1.82, 2.24) is 10.2 Å². The molecular formula is C16H13FN2. The number of H-pyrrole nitrogens is 1. The predicted molar refractivity (Wildman–Crippen MR) is 73.5 cm³/mol. The summed E-state index contributed by atoms with van der Waals surface area (Å²) < 4.78 is 13.7. The lowest BCUT2D eigenvalue weighted by atomic mass is 9.96. The number of benzene rings is 2. The first kappa shape index (κ1) is 10.7. The smallest absolute Gasteiger partial charge is 0.124 e. The van der Waals surface area contributed by atoms with E-state index in [9.17, 15) is 4.39 Å². The van der Waals surface area contributed by atoms with Crippen LogP contribution in [0.2, 0.25) is 0 Å². The maximum atomic E-state index is 13.7. The van der Waals surface area contributed by atoms with Gasteiger partial charge in [0, 0.05) is 5.39 Å². The number of aromatic amines is 1. The van der Waals surface area contributed by atoms with Crippen molar-refractivity contribution in [2.75, 3.05) is 0 Å². The van der Waals surface area contributed by atoms with Gasteiger partial charge >= 0.3 is 0 Å². The quantitative estimate of drug-likeness (QED) is 0.700. The Morgan fingerprint density at radius 3 is 3.00 bits per heavy atom. The highest BCUT2D eigenvalue weighted by molar-refractivity contribution is 5.85. The average Bonchev–Trinajstić information content (AvgIpc) is 3.04. The van der Waals surface area contributed by atoms with Crippen LogP contribution in [0.1, 0.15) is 17.5 Å². The number of nitrogens with zero attached hydrogens (tertiary/aromatic N) is 1. The molecule has 0 saturated heterocycles. The molecule has 3 aromatic rings. The van der Waals surface area contributed by atoms with Gasteiger partial charge in [-0.05, 0) is 65.8 Å². The Hall–Kier alpha value is -2.16. The molecule has 1 N–H and O–H groups in total. The van der Waals surface area contributed by atoms with Gasteiger partial charge in [0.2, 0.25) is 0 Å². The van der Waals surface area contributed by atoms with E-state index in [0.29, 0.717) is 0 Å². The predicted octanol–water partition coefficient (Wildman–Crippen LogP) is 3.86. The van der Waals surface area contributed by atoms with Crippen LogP contribution in [0.3, 0.4) is 0 Å². The highest BCUT2D eigenvalue weighted by Crippen LogP contribution is 2.34. The molecule has 0 aliphatic heterocycles. The summed E-state index contributed by atoms with van der Waals surface area (Å²) in [7, 11) is 0. The van der Waals surface area contributed by atoms with E-state index in [-0.39, 0.29) is 5.82 Å². The molecule has 2 nitrogen and oxygen atoms in total. The molecule has 4 rings (SSSR count). The molecule has 2 aromatic carbocycles. The van der Waals surface area contributed by atoms with Gasteiger partial charge in [-0.1, -0.05) is 6.07 Å². The summed E-state index contributed by atoms with van der Waals surface area (Å²) in [6.07, 6.45) is 4.97. The number of hydrogen-bond donors (Lipinski definition) is 1. The first-order valence-corrected chi connectivity index (χ1v) is 6.56. The van der Waals surface area contributed by atoms with Crippen LogP contribution in [-0.2, 0) is 12.8 Å². The molecule has 0 fully saturated rings. The molecule has 0 bridgehead atoms. The summed E-state index contributed by atoms with van der Waals surface area (Å²) in [5.74, 6) is -0.136. The number of nitrogens with one attached hydrogen (secondary N) is 1. The van der Waals surface area contributed by atoms with Crippen molar-refractivity contribution in [2.45, 2.75) is 19.3 Å². The molecule has 1 aromatic heterocycles. The molecule has 1 heterocycles. The molecule has 94 valence electrons. The van der Waals surface area contributed by atoms with Gasteiger partial charge < -0.3 is 0 Å². The Kier molecular flexibility index (Phi) is 2.21. The van der Waals surface area contributed by atoms with E-state index in [1.807, 2.05) is 12.1 Å². The van der Waals surface area contributed by atoms with Gasteiger partial charge in [-0.25, -0.2) is 4.39 Å². The molecule has 0 saturated carbocycles. The minimum absolute atomic E-state index is 0.136. The van der Waals surface area contributed by atoms with E-state index in [1.165, 1.54) is 11.1 Å². The van der Waals surface area contributed by atoms with Crippen LogP contribution in [0.25, 0.3) is 22.0 Å². The zero-order chi connectivity index (χ0) is 12.8. The minimum Gasteiger partial charge on any atom is -0.278 e. The molecule has 0 radical (unpaired) electrons. The molecule has 0 amide bonds. The van der Waals surface area contributed by atoms with Crippen LogP contribution in [0.4, 0.5) is 4.39 Å². The van der Waals surface area contributed by atoms with E-state index in [1.54, 1.807) is 18.3 Å². The fourth-order valence-electron chi connectivity index (χ4n) is 3.03. The molecule has 19 heavy (non-hydrogen) atoms. The van der Waals surface area contributed by atoms with Crippen LogP contribution < -0.4 is 0 Å². The van der Waals surface area contributed by atoms with Crippen LogP contribution in [0.5, 0.6) is 0 Å². The lowest BCUT2D eigenvalue weighted by molar-refractivity contribution is 0.626. The maximum absolute atomic E-state index is 13.7. The van der Waals surface area contributed by atoms with Crippen molar-refractivity contribution in [1.29, 1.82) is 0 Å². The molecule has 1 aliphatic carbocycles. The minimum atomic E-state index is -0.136. The number of fused-ring (bicyclic) bond motifs is 2. The molecule has 0 atom stereocenters. The van der Waals surface area contributed by atoms with Crippen LogP contribution in [0.15, 0.2) is 36.5 Å². The number of aromatic nitrogens is 2. The Balaban J connectivity index is 1.96. The second kappa shape index (κ2) is 3.92. The van der Waals surface area contributed by atoms with Gasteiger partial charge in [0.1, 0.15) is 5.82 Å². The number of hydrogen-bond acceptors (Lipinski definition) is 1. The van der Waals surface area contributed by atoms with Gasteiger partial charge in [0.15, 0.2) is 0 Å². The van der Waals surface area contributed by atoms with Gasteiger partial charge in [0.05, 0.1) is 11.7 Å². The molecule has 3 heteroatoms. The normalized spacial score (nSPS) is 13.9. The third-order valence-corrected chi connectivity index (χ3v) is 3.93. The molecular weight excluding hydrogens is 239 g/mol. The number of aryl methyl sites for hydroxylation is 1. The van der Waals surface area contributed by atoms with Crippen molar-refractivity contribution >= 4 is 10.9 Å². The van der Waals surface area contributed by atoms with Crippen molar-refractivity contribution in [2.24, 2.45) is 0 Å². The van der Waals surface area contributed by atoms with Crippen LogP contribution >= 0.6 is 0 Å². The molecule has 0 spiro atoms. The fourth-order valence-corrected chi connectivity index (χ4v) is 3.03. The van der Waals surface area contributed by atoms with Gasteiger partial charge in [-0.15, -0.1) is 0 Å². The largest absolute Gasteiger partial charge is 0.278 e. The number of rotatable bonds is 1. The average molecular weight is 252 g/mol. The Morgan fingerprint density at radius 2 is 2.05 bits per heavy atom. The zero-order valence-corrected chi connectivity index (χ0v) is 10.4. The third-order valence-electron chi connectivity index (χ3n) is 3.93. The summed E-state index contributed by atoms with van der Waals surface area (Å²) in [4.78, 5) is 0. The van der Waals surface area contributed by atoms with E-state index in [0.717, 1.165) is 41.3 Å². The summed E-state index contributed by atoms with van der Waals surface area (Å²) in [5, 5.41) is 8.03. The maximum Gasteiger partial charge on any atom is 0.124 e. The van der Waals surface area contributed by atoms with Crippen molar-refractivity contribution in [3.05, 3.63) is 53.5 Å². The monoisotopic (exact) mass is 252 g/mol. The van der Waals surface area contributed by atoms with E-state index in [4.69, 9.17) is 0 Å². The fraction of sp³-hybridized carbons (Fsp3) is 0.188. The summed E-state index contributed by atoms with van der Waals surface area (Å²) in [6, 6.07) is 9.46. The summed E-state index contributed by atoms with van der Waals surface area (Å²) in [6.45, 7) is 0. The standard InChI is InChI=1S/C16H13FN2/c17-13-7-10-2-1-3-14(10)15(8-13)11-4-5-16-12(6-11)9-18-19-16/h4-9H,1-3H2,(H,18,19). The summed E-state index contributed by atoms with van der Waals surface area (Å²) in [5.41, 5.74) is 5.60. The van der Waals surface area contributed by atoms with Crippen molar-refractivity contribution in [3.8, 4) is 11.1 Å². The highest BCUT2D eigenvalue weighted by atomic mass is 19.1. The van der Waals surface area contributed by atoms with Crippen LogP contribution in [-0.4, -0.2) is 10.2 Å². The van der Waals surface area contributed by atoms with Crippen molar-refractivity contribution in [3.63, 3.8) is 0 Å². The number of halogens is 1. The lowest BCUT2D eigenvalue weighted by Crippen LogP contribution is -1.91. The van der Waals surface area contributed by atoms with Gasteiger partial charge in [-0.2, -0.15) is 5.10 Å². The second-order valence-electron chi connectivity index (χ2n) is 5.12. The first-order valence-electron chi connectivity index (χ1n) is 6.56. The van der Waals surface area contributed by atoms with E-state index in [2.05, 4.69) is 16.3 Å². The zero-order valence-electron chi connectivity index (χ0n) is 10.4.